The molecule has 3 rings (SSSR count). The van der Waals surface area contributed by atoms with Crippen molar-refractivity contribution >= 4 is 5.97 Å². The first-order chi connectivity index (χ1) is 12.7. The Morgan fingerprint density at radius 2 is 1.69 bits per heavy atom. The third-order valence-corrected chi connectivity index (χ3v) is 4.27. The molecule has 4 heteroatoms. The van der Waals surface area contributed by atoms with E-state index in [0.29, 0.717) is 12.3 Å². The molecule has 0 N–H and O–H groups in total. The first-order valence-electron chi connectivity index (χ1n) is 9.14. The van der Waals surface area contributed by atoms with Gasteiger partial charge in [-0.15, -0.1) is 0 Å². The molecule has 0 atom stereocenters. The van der Waals surface area contributed by atoms with Gasteiger partial charge in [0, 0.05) is 5.69 Å². The number of ether oxygens (including phenoxy) is 1. The monoisotopic (exact) mass is 348 g/mol. The molecule has 0 bridgehead atoms. The predicted octanol–water partition coefficient (Wildman–Crippen LogP) is 5.06. The molecule has 0 amide bonds. The van der Waals surface area contributed by atoms with Gasteiger partial charge in [-0.25, -0.2) is 9.48 Å². The number of aryl methyl sites for hydroxylation is 1. The third-order valence-electron chi connectivity index (χ3n) is 4.27. The summed E-state index contributed by atoms with van der Waals surface area (Å²) in [6.45, 7) is 4.30. The lowest BCUT2D eigenvalue weighted by Gasteiger charge is -2.08. The molecule has 134 valence electrons. The molecule has 0 fully saturated rings. The van der Waals surface area contributed by atoms with E-state index in [1.165, 1.54) is 5.56 Å². The fraction of sp³-hybridized carbons (Fsp3) is 0.273. The van der Waals surface area contributed by atoms with Gasteiger partial charge >= 0.3 is 5.97 Å². The van der Waals surface area contributed by atoms with Gasteiger partial charge in [0.25, 0.3) is 0 Å². The van der Waals surface area contributed by atoms with Crippen LogP contribution in [0.4, 0.5) is 0 Å². The molecule has 0 aliphatic heterocycles. The van der Waals surface area contributed by atoms with Gasteiger partial charge in [-0.05, 0) is 49.1 Å². The van der Waals surface area contributed by atoms with Crippen molar-refractivity contribution in [3.8, 4) is 16.8 Å². The highest BCUT2D eigenvalue weighted by Crippen LogP contribution is 2.22. The number of rotatable bonds is 7. The zero-order valence-corrected chi connectivity index (χ0v) is 15.3. The lowest BCUT2D eigenvalue weighted by molar-refractivity contribution is 0.0519. The third kappa shape index (κ3) is 4.02. The van der Waals surface area contributed by atoms with Crippen molar-refractivity contribution in [2.24, 2.45) is 0 Å². The fourth-order valence-corrected chi connectivity index (χ4v) is 2.91. The normalized spacial score (nSPS) is 10.7. The van der Waals surface area contributed by atoms with Crippen molar-refractivity contribution in [1.29, 1.82) is 0 Å². The van der Waals surface area contributed by atoms with E-state index in [2.05, 4.69) is 36.3 Å². The highest BCUT2D eigenvalue weighted by Gasteiger charge is 2.16. The van der Waals surface area contributed by atoms with Crippen LogP contribution in [0.15, 0.2) is 60.7 Å². The smallest absolute Gasteiger partial charge is 0.358 e. The maximum Gasteiger partial charge on any atom is 0.358 e. The van der Waals surface area contributed by atoms with E-state index in [9.17, 15) is 4.79 Å². The molecule has 1 heterocycles. The van der Waals surface area contributed by atoms with Crippen LogP contribution in [-0.2, 0) is 11.2 Å². The summed E-state index contributed by atoms with van der Waals surface area (Å²) < 4.78 is 6.96. The highest BCUT2D eigenvalue weighted by atomic mass is 16.5. The Bertz CT molecular complexity index is 852. The summed E-state index contributed by atoms with van der Waals surface area (Å²) in [7, 11) is 0. The number of carbonyl (C=O) groups is 1. The Morgan fingerprint density at radius 3 is 2.35 bits per heavy atom. The molecule has 0 unspecified atom stereocenters. The molecule has 0 saturated carbocycles. The van der Waals surface area contributed by atoms with E-state index in [1.807, 2.05) is 41.1 Å². The van der Waals surface area contributed by atoms with E-state index < -0.39 is 0 Å². The van der Waals surface area contributed by atoms with E-state index in [4.69, 9.17) is 4.74 Å². The quantitative estimate of drug-likeness (QED) is 0.561. The molecule has 3 aromatic rings. The average Bonchev–Trinajstić information content (AvgIpc) is 3.12. The fourth-order valence-electron chi connectivity index (χ4n) is 2.91. The molecule has 0 radical (unpaired) electrons. The molecule has 2 aromatic carbocycles. The summed E-state index contributed by atoms with van der Waals surface area (Å²) >= 11 is 0. The molecular weight excluding hydrogens is 324 g/mol. The Balaban J connectivity index is 1.92. The number of unbranched alkanes of at least 4 members (excludes halogenated alkanes) is 1. The van der Waals surface area contributed by atoms with Crippen LogP contribution in [0.3, 0.4) is 0 Å². The minimum absolute atomic E-state index is 0.349. The van der Waals surface area contributed by atoms with Crippen molar-refractivity contribution in [3.63, 3.8) is 0 Å². The van der Waals surface area contributed by atoms with Crippen LogP contribution in [-0.4, -0.2) is 22.4 Å². The summed E-state index contributed by atoms with van der Waals surface area (Å²) in [5.41, 5.74) is 4.68. The first kappa shape index (κ1) is 17.9. The van der Waals surface area contributed by atoms with Crippen LogP contribution in [0.1, 0.15) is 42.9 Å². The lowest BCUT2D eigenvalue weighted by Crippen LogP contribution is -2.07. The van der Waals surface area contributed by atoms with Crippen molar-refractivity contribution in [2.75, 3.05) is 6.61 Å². The van der Waals surface area contributed by atoms with Crippen molar-refractivity contribution < 1.29 is 9.53 Å². The Kier molecular flexibility index (Phi) is 5.84. The summed E-state index contributed by atoms with van der Waals surface area (Å²) in [5.74, 6) is -0.370. The average molecular weight is 348 g/mol. The van der Waals surface area contributed by atoms with Crippen molar-refractivity contribution in [2.45, 2.75) is 33.1 Å². The Hall–Kier alpha value is -2.88. The summed E-state index contributed by atoms with van der Waals surface area (Å²) in [6.07, 6.45) is 3.02. The molecule has 1 aromatic heterocycles. The Labute approximate surface area is 154 Å². The van der Waals surface area contributed by atoms with Gasteiger partial charge < -0.3 is 4.74 Å². The largest absolute Gasteiger partial charge is 0.461 e. The molecule has 4 nitrogen and oxygen atoms in total. The number of hydrogen-bond donors (Lipinski definition) is 0. The van der Waals surface area contributed by atoms with E-state index >= 15 is 0 Å². The van der Waals surface area contributed by atoms with Gasteiger partial charge in [0.2, 0.25) is 0 Å². The number of hydrogen-bond acceptors (Lipinski definition) is 3. The van der Waals surface area contributed by atoms with Crippen LogP contribution in [0.25, 0.3) is 16.8 Å². The zero-order valence-electron chi connectivity index (χ0n) is 15.3. The van der Waals surface area contributed by atoms with Crippen LogP contribution in [0.5, 0.6) is 0 Å². The molecule has 0 saturated heterocycles. The minimum atomic E-state index is -0.370. The molecule has 0 aliphatic rings. The van der Waals surface area contributed by atoms with Gasteiger partial charge in [0.05, 0.1) is 12.3 Å². The summed E-state index contributed by atoms with van der Waals surface area (Å²) in [6, 6.07) is 20.4. The van der Waals surface area contributed by atoms with E-state index in [0.717, 1.165) is 36.2 Å². The number of aromatic nitrogens is 2. The molecule has 26 heavy (non-hydrogen) atoms. The van der Waals surface area contributed by atoms with Gasteiger partial charge in [-0.3, -0.25) is 0 Å². The number of benzene rings is 2. The maximum absolute atomic E-state index is 12.1. The van der Waals surface area contributed by atoms with Crippen LogP contribution >= 0.6 is 0 Å². The minimum Gasteiger partial charge on any atom is -0.461 e. The SMILES string of the molecule is CCCCc1cc(C(=O)OCC)nn1-c1ccc(-c2ccccc2)cc1. The van der Waals surface area contributed by atoms with Gasteiger partial charge in [0.1, 0.15) is 0 Å². The van der Waals surface area contributed by atoms with Crippen LogP contribution < -0.4 is 0 Å². The number of esters is 1. The predicted molar refractivity (Wildman–Crippen MR) is 104 cm³/mol. The summed E-state index contributed by atoms with van der Waals surface area (Å²) in [5, 5.41) is 4.50. The van der Waals surface area contributed by atoms with Gasteiger partial charge in [-0.1, -0.05) is 55.8 Å². The Morgan fingerprint density at radius 1 is 1.00 bits per heavy atom. The lowest BCUT2D eigenvalue weighted by atomic mass is 10.1. The first-order valence-corrected chi connectivity index (χ1v) is 9.14. The molecule has 0 spiro atoms. The number of carbonyl (C=O) groups excluding carboxylic acids is 1. The second-order valence-corrected chi connectivity index (χ2v) is 6.17. The topological polar surface area (TPSA) is 44.1 Å². The van der Waals surface area contributed by atoms with Gasteiger partial charge in [0.15, 0.2) is 5.69 Å². The number of nitrogens with zero attached hydrogens (tertiary/aromatic N) is 2. The van der Waals surface area contributed by atoms with E-state index in [1.54, 1.807) is 6.92 Å². The maximum atomic E-state index is 12.1. The molecular formula is C22H24N2O2. The summed E-state index contributed by atoms with van der Waals surface area (Å²) in [4.78, 5) is 12.1. The van der Waals surface area contributed by atoms with Crippen LogP contribution in [0, 0.1) is 0 Å². The second-order valence-electron chi connectivity index (χ2n) is 6.17. The second kappa shape index (κ2) is 8.48. The molecule has 0 aliphatic carbocycles. The highest BCUT2D eigenvalue weighted by molar-refractivity contribution is 5.87. The van der Waals surface area contributed by atoms with Gasteiger partial charge in [-0.2, -0.15) is 5.10 Å². The van der Waals surface area contributed by atoms with E-state index in [-0.39, 0.29) is 5.97 Å². The van der Waals surface area contributed by atoms with Crippen LogP contribution in [0.2, 0.25) is 0 Å². The van der Waals surface area contributed by atoms with Crippen molar-refractivity contribution in [1.82, 2.24) is 9.78 Å². The standard InChI is InChI=1S/C22H24N2O2/c1-3-5-11-20-16-21(22(25)26-4-2)23-24(20)19-14-12-18(13-15-19)17-9-7-6-8-10-17/h6-10,12-16H,3-5,11H2,1-2H3. The zero-order chi connectivity index (χ0) is 18.4. The van der Waals surface area contributed by atoms with Crippen molar-refractivity contribution in [3.05, 3.63) is 72.1 Å².